The Labute approximate surface area is 188 Å². The molecule has 1 fully saturated rings. The average Bonchev–Trinajstić information content (AvgIpc) is 3.01. The topological polar surface area (TPSA) is 44.7 Å². The van der Waals surface area contributed by atoms with Gasteiger partial charge < -0.3 is 10.2 Å². The number of hydrogen-bond acceptors (Lipinski definition) is 4. The summed E-state index contributed by atoms with van der Waals surface area (Å²) < 4.78 is 15.9. The number of benzene rings is 2. The molecule has 1 atom stereocenters. The largest absolute Gasteiger partial charge is 0.369 e. The van der Waals surface area contributed by atoms with Crippen molar-refractivity contribution in [2.45, 2.75) is 38.6 Å². The third-order valence-electron chi connectivity index (χ3n) is 5.75. The highest BCUT2D eigenvalue weighted by atomic mass is 79.9. The lowest BCUT2D eigenvalue weighted by Crippen LogP contribution is -2.45. The van der Waals surface area contributed by atoms with Crippen molar-refractivity contribution in [2.24, 2.45) is 4.99 Å². The number of halogens is 2. The van der Waals surface area contributed by atoms with Gasteiger partial charge in [0.15, 0.2) is 5.17 Å². The summed E-state index contributed by atoms with van der Waals surface area (Å²) in [6, 6.07) is 11.0. The van der Waals surface area contributed by atoms with Crippen LogP contribution in [0.25, 0.3) is 6.08 Å². The zero-order chi connectivity index (χ0) is 21.6. The van der Waals surface area contributed by atoms with E-state index in [4.69, 9.17) is 0 Å². The average molecular weight is 488 g/mol. The quantitative estimate of drug-likeness (QED) is 0.512. The molecule has 1 unspecified atom stereocenters. The van der Waals surface area contributed by atoms with Crippen LogP contribution in [0.15, 0.2) is 50.8 Å². The van der Waals surface area contributed by atoms with Gasteiger partial charge in [0, 0.05) is 28.3 Å². The number of amidine groups is 1. The molecule has 30 heavy (non-hydrogen) atoms. The Morgan fingerprint density at radius 1 is 1.30 bits per heavy atom. The standard InChI is InChI=1S/C23H23BrFN3OS/c1-13-12-23(2,3)28(4)19-11-18(25)14(9-17(13)19)10-20-21(29)27-22(30-20)26-16-7-5-15(24)6-8-16/h5-11,13H,12H2,1-4H3,(H,26,27,29)/b20-10+. The molecule has 0 bridgehead atoms. The zero-order valence-electron chi connectivity index (χ0n) is 17.3. The van der Waals surface area contributed by atoms with Crippen LogP contribution < -0.4 is 10.2 Å². The third-order valence-corrected chi connectivity index (χ3v) is 7.19. The first kappa shape index (κ1) is 21.1. The van der Waals surface area contributed by atoms with Crippen LogP contribution in [0.2, 0.25) is 0 Å². The second-order valence-electron chi connectivity index (χ2n) is 8.37. The van der Waals surface area contributed by atoms with E-state index in [1.54, 1.807) is 12.1 Å². The maximum absolute atomic E-state index is 14.9. The van der Waals surface area contributed by atoms with Crippen molar-refractivity contribution in [3.8, 4) is 0 Å². The van der Waals surface area contributed by atoms with Crippen molar-refractivity contribution >= 4 is 56.2 Å². The van der Waals surface area contributed by atoms with Gasteiger partial charge in [0.25, 0.3) is 5.91 Å². The van der Waals surface area contributed by atoms with Gasteiger partial charge in [0.2, 0.25) is 0 Å². The fourth-order valence-electron chi connectivity index (χ4n) is 3.97. The number of rotatable bonds is 2. The number of aliphatic imine (C=N–C) groups is 1. The second kappa shape index (κ2) is 7.85. The summed E-state index contributed by atoms with van der Waals surface area (Å²) in [6.45, 7) is 6.51. The van der Waals surface area contributed by atoms with Gasteiger partial charge in [-0.05, 0) is 86.0 Å². The van der Waals surface area contributed by atoms with Crippen LogP contribution in [0.4, 0.5) is 15.8 Å². The molecular formula is C23H23BrFN3OS. The number of fused-ring (bicyclic) bond motifs is 1. The van der Waals surface area contributed by atoms with Gasteiger partial charge in [-0.15, -0.1) is 0 Å². The van der Waals surface area contributed by atoms with Gasteiger partial charge in [-0.3, -0.25) is 4.79 Å². The number of thioether (sulfide) groups is 1. The highest BCUT2D eigenvalue weighted by Crippen LogP contribution is 2.43. The summed E-state index contributed by atoms with van der Waals surface area (Å²) in [7, 11) is 2.01. The first-order chi connectivity index (χ1) is 14.1. The lowest BCUT2D eigenvalue weighted by molar-refractivity contribution is -0.115. The van der Waals surface area contributed by atoms with Crippen LogP contribution in [0.3, 0.4) is 0 Å². The van der Waals surface area contributed by atoms with Crippen LogP contribution >= 0.6 is 27.7 Å². The number of amides is 1. The minimum Gasteiger partial charge on any atom is -0.369 e. The predicted octanol–water partition coefficient (Wildman–Crippen LogP) is 6.20. The molecule has 0 saturated carbocycles. The summed E-state index contributed by atoms with van der Waals surface area (Å²) in [5.74, 6) is -0.285. The molecule has 4 nitrogen and oxygen atoms in total. The van der Waals surface area contributed by atoms with E-state index in [1.165, 1.54) is 11.8 Å². The van der Waals surface area contributed by atoms with Gasteiger partial charge in [-0.1, -0.05) is 22.9 Å². The predicted molar refractivity (Wildman–Crippen MR) is 127 cm³/mol. The van der Waals surface area contributed by atoms with E-state index < -0.39 is 0 Å². The Hall–Kier alpha value is -2.12. The SMILES string of the molecule is CC1CC(C)(C)N(C)c2cc(F)c(/C=C3/SC(=Nc4ccc(Br)cc4)NC3=O)cc21. The van der Waals surface area contributed by atoms with Crippen LogP contribution in [-0.2, 0) is 4.79 Å². The van der Waals surface area contributed by atoms with Gasteiger partial charge in [0.1, 0.15) is 5.82 Å². The maximum Gasteiger partial charge on any atom is 0.264 e. The summed E-state index contributed by atoms with van der Waals surface area (Å²) in [6.07, 6.45) is 2.60. The Kier molecular flexibility index (Phi) is 5.53. The molecule has 0 aliphatic carbocycles. The highest BCUT2D eigenvalue weighted by molar-refractivity contribution is 9.10. The van der Waals surface area contributed by atoms with Crippen LogP contribution in [0, 0.1) is 5.82 Å². The first-order valence-electron chi connectivity index (χ1n) is 9.76. The van der Waals surface area contributed by atoms with Crippen molar-refractivity contribution in [1.29, 1.82) is 0 Å². The van der Waals surface area contributed by atoms with E-state index in [0.29, 0.717) is 21.6 Å². The molecule has 7 heteroatoms. The van der Waals surface area contributed by atoms with Crippen molar-refractivity contribution in [1.82, 2.24) is 5.32 Å². The summed E-state index contributed by atoms with van der Waals surface area (Å²) >= 11 is 4.61. The maximum atomic E-state index is 14.9. The molecular weight excluding hydrogens is 465 g/mol. The molecule has 1 amide bonds. The Morgan fingerprint density at radius 2 is 2.00 bits per heavy atom. The van der Waals surface area contributed by atoms with Crippen molar-refractivity contribution in [3.05, 3.63) is 62.7 Å². The van der Waals surface area contributed by atoms with Crippen LogP contribution in [0.5, 0.6) is 0 Å². The van der Waals surface area contributed by atoms with Crippen LogP contribution in [0.1, 0.15) is 44.2 Å². The number of nitrogens with one attached hydrogen (secondary N) is 1. The Morgan fingerprint density at radius 3 is 2.70 bits per heavy atom. The number of carbonyl (C=O) groups is 1. The molecule has 1 N–H and O–H groups in total. The minimum atomic E-state index is -0.329. The molecule has 2 aromatic rings. The smallest absolute Gasteiger partial charge is 0.264 e. The molecule has 0 spiro atoms. The lowest BCUT2D eigenvalue weighted by Gasteiger charge is -2.45. The molecule has 0 aromatic heterocycles. The van der Waals surface area contributed by atoms with E-state index in [2.05, 4.69) is 51.9 Å². The molecule has 156 valence electrons. The van der Waals surface area contributed by atoms with Gasteiger partial charge in [-0.25, -0.2) is 9.38 Å². The molecule has 2 aliphatic heterocycles. The highest BCUT2D eigenvalue weighted by Gasteiger charge is 2.35. The van der Waals surface area contributed by atoms with Crippen molar-refractivity contribution < 1.29 is 9.18 Å². The monoisotopic (exact) mass is 487 g/mol. The fraction of sp³-hybridized carbons (Fsp3) is 0.304. The fourth-order valence-corrected chi connectivity index (χ4v) is 5.07. The molecule has 1 saturated heterocycles. The van der Waals surface area contributed by atoms with E-state index in [9.17, 15) is 9.18 Å². The number of nitrogens with zero attached hydrogens (tertiary/aromatic N) is 2. The third kappa shape index (κ3) is 4.05. The van der Waals surface area contributed by atoms with Crippen molar-refractivity contribution in [2.75, 3.05) is 11.9 Å². The van der Waals surface area contributed by atoms with Crippen LogP contribution in [-0.4, -0.2) is 23.7 Å². The molecule has 4 rings (SSSR count). The normalized spacial score (nSPS) is 23.1. The zero-order valence-corrected chi connectivity index (χ0v) is 19.7. The van der Waals surface area contributed by atoms with E-state index in [-0.39, 0.29) is 17.3 Å². The van der Waals surface area contributed by atoms with E-state index in [1.807, 2.05) is 37.4 Å². The summed E-state index contributed by atoms with van der Waals surface area (Å²) in [4.78, 5) is 19.4. The summed E-state index contributed by atoms with van der Waals surface area (Å²) in [5, 5.41) is 3.25. The minimum absolute atomic E-state index is 0.0293. The number of carbonyl (C=O) groups excluding carboxylic acids is 1. The van der Waals surface area contributed by atoms with Gasteiger partial charge >= 0.3 is 0 Å². The molecule has 2 aromatic carbocycles. The lowest BCUT2D eigenvalue weighted by atomic mass is 9.80. The summed E-state index contributed by atoms with van der Waals surface area (Å²) in [5.41, 5.74) is 3.16. The Bertz CT molecular complexity index is 1080. The molecule has 0 radical (unpaired) electrons. The number of anilines is 1. The first-order valence-corrected chi connectivity index (χ1v) is 11.4. The second-order valence-corrected chi connectivity index (χ2v) is 10.3. The molecule has 2 aliphatic rings. The Balaban J connectivity index is 1.64. The van der Waals surface area contributed by atoms with Gasteiger partial charge in [-0.2, -0.15) is 0 Å². The molecule has 2 heterocycles. The van der Waals surface area contributed by atoms with E-state index >= 15 is 0 Å². The van der Waals surface area contributed by atoms with Gasteiger partial charge in [0.05, 0.1) is 10.6 Å². The number of hydrogen-bond donors (Lipinski definition) is 1. The van der Waals surface area contributed by atoms with E-state index in [0.717, 1.165) is 27.8 Å². The van der Waals surface area contributed by atoms with Crippen molar-refractivity contribution in [3.63, 3.8) is 0 Å².